The van der Waals surface area contributed by atoms with E-state index < -0.39 is 0 Å². The van der Waals surface area contributed by atoms with Crippen molar-refractivity contribution in [3.63, 3.8) is 0 Å². The van der Waals surface area contributed by atoms with Crippen molar-refractivity contribution in [2.45, 2.75) is 25.3 Å². The average molecular weight is 249 g/mol. The Labute approximate surface area is 109 Å². The maximum absolute atomic E-state index is 5.31. The third-order valence-electron chi connectivity index (χ3n) is 3.36. The summed E-state index contributed by atoms with van der Waals surface area (Å²) in [5.41, 5.74) is 1.34. The number of rotatable bonds is 8. The largest absolute Gasteiger partial charge is 0.497 e. The predicted molar refractivity (Wildman–Crippen MR) is 73.1 cm³/mol. The summed E-state index contributed by atoms with van der Waals surface area (Å²) in [7, 11) is 3.47. The Morgan fingerprint density at radius 3 is 2.50 bits per heavy atom. The number of methoxy groups -OCH3 is 2. The summed E-state index contributed by atoms with van der Waals surface area (Å²) >= 11 is 0. The lowest BCUT2D eigenvalue weighted by Gasteiger charge is -2.17. The minimum atomic E-state index is 0.545. The molecule has 2 rings (SSSR count). The van der Waals surface area contributed by atoms with Crippen LogP contribution < -0.4 is 10.1 Å². The predicted octanol–water partition coefficient (Wildman–Crippen LogP) is 2.25. The fourth-order valence-electron chi connectivity index (χ4n) is 2.14. The van der Waals surface area contributed by atoms with Crippen molar-refractivity contribution in [2.24, 2.45) is 5.92 Å². The molecule has 1 aromatic carbocycles. The molecule has 3 heteroatoms. The van der Waals surface area contributed by atoms with E-state index >= 15 is 0 Å². The number of hydrogen-bond donors (Lipinski definition) is 1. The number of hydrogen-bond acceptors (Lipinski definition) is 3. The van der Waals surface area contributed by atoms with Gasteiger partial charge in [-0.1, -0.05) is 12.1 Å². The lowest BCUT2D eigenvalue weighted by Crippen LogP contribution is -2.28. The first kappa shape index (κ1) is 13.4. The summed E-state index contributed by atoms with van der Waals surface area (Å²) in [6, 6.07) is 9.08. The Morgan fingerprint density at radius 1 is 1.22 bits per heavy atom. The SMILES string of the molecule is COCC(CNC1CC1)Cc1ccc(OC)cc1. The van der Waals surface area contributed by atoms with E-state index in [2.05, 4.69) is 17.4 Å². The molecule has 0 spiro atoms. The zero-order valence-corrected chi connectivity index (χ0v) is 11.3. The third kappa shape index (κ3) is 4.31. The van der Waals surface area contributed by atoms with Crippen LogP contribution in [0.2, 0.25) is 0 Å². The van der Waals surface area contributed by atoms with Gasteiger partial charge in [-0.2, -0.15) is 0 Å². The fraction of sp³-hybridized carbons (Fsp3) is 0.600. The van der Waals surface area contributed by atoms with Crippen LogP contribution in [0.4, 0.5) is 0 Å². The zero-order valence-electron chi connectivity index (χ0n) is 11.3. The molecule has 1 aromatic rings. The molecule has 0 amide bonds. The summed E-state index contributed by atoms with van der Waals surface area (Å²) in [4.78, 5) is 0. The molecule has 0 saturated heterocycles. The van der Waals surface area contributed by atoms with Crippen LogP contribution in [0.3, 0.4) is 0 Å². The van der Waals surface area contributed by atoms with E-state index in [1.54, 1.807) is 14.2 Å². The van der Waals surface area contributed by atoms with E-state index in [1.165, 1.54) is 18.4 Å². The Balaban J connectivity index is 1.84. The maximum Gasteiger partial charge on any atom is 0.118 e. The van der Waals surface area contributed by atoms with Crippen LogP contribution in [0.25, 0.3) is 0 Å². The molecule has 0 bridgehead atoms. The first-order valence-electron chi connectivity index (χ1n) is 6.67. The quantitative estimate of drug-likeness (QED) is 0.766. The van der Waals surface area contributed by atoms with E-state index in [0.717, 1.165) is 31.4 Å². The van der Waals surface area contributed by atoms with Gasteiger partial charge in [-0.15, -0.1) is 0 Å². The van der Waals surface area contributed by atoms with Gasteiger partial charge in [0.1, 0.15) is 5.75 Å². The van der Waals surface area contributed by atoms with Crippen molar-refractivity contribution in [2.75, 3.05) is 27.4 Å². The van der Waals surface area contributed by atoms with Crippen molar-refractivity contribution in [3.05, 3.63) is 29.8 Å². The van der Waals surface area contributed by atoms with Gasteiger partial charge in [-0.25, -0.2) is 0 Å². The highest BCUT2D eigenvalue weighted by atomic mass is 16.5. The summed E-state index contributed by atoms with van der Waals surface area (Å²) in [6.45, 7) is 1.86. The minimum absolute atomic E-state index is 0.545. The molecular formula is C15H23NO2. The number of benzene rings is 1. The van der Waals surface area contributed by atoms with Gasteiger partial charge in [0.05, 0.1) is 13.7 Å². The standard InChI is InChI=1S/C15H23NO2/c1-17-11-13(10-16-14-5-6-14)9-12-3-7-15(18-2)8-4-12/h3-4,7-8,13-14,16H,5-6,9-11H2,1-2H3. The van der Waals surface area contributed by atoms with Crippen LogP contribution in [0.1, 0.15) is 18.4 Å². The van der Waals surface area contributed by atoms with Crippen LogP contribution in [0, 0.1) is 5.92 Å². The topological polar surface area (TPSA) is 30.5 Å². The van der Waals surface area contributed by atoms with Crippen LogP contribution >= 0.6 is 0 Å². The molecule has 1 atom stereocenters. The smallest absolute Gasteiger partial charge is 0.118 e. The molecule has 0 radical (unpaired) electrons. The van der Waals surface area contributed by atoms with Gasteiger partial charge in [0.25, 0.3) is 0 Å². The lowest BCUT2D eigenvalue weighted by atomic mass is 10.00. The van der Waals surface area contributed by atoms with Crippen LogP contribution in [0.5, 0.6) is 5.75 Å². The summed E-state index contributed by atoms with van der Waals surface area (Å²) < 4.78 is 10.5. The Morgan fingerprint density at radius 2 is 1.94 bits per heavy atom. The van der Waals surface area contributed by atoms with E-state index in [0.29, 0.717) is 5.92 Å². The molecular weight excluding hydrogens is 226 g/mol. The van der Waals surface area contributed by atoms with Gasteiger partial charge in [-0.05, 0) is 42.9 Å². The monoisotopic (exact) mass is 249 g/mol. The van der Waals surface area contributed by atoms with Gasteiger partial charge in [0.2, 0.25) is 0 Å². The highest BCUT2D eigenvalue weighted by Gasteiger charge is 2.21. The molecule has 1 unspecified atom stereocenters. The highest BCUT2D eigenvalue weighted by Crippen LogP contribution is 2.20. The molecule has 1 saturated carbocycles. The average Bonchev–Trinajstić information content (AvgIpc) is 3.21. The van der Waals surface area contributed by atoms with Gasteiger partial charge in [0, 0.05) is 19.7 Å². The second-order valence-corrected chi connectivity index (χ2v) is 5.06. The normalized spacial score (nSPS) is 16.6. The van der Waals surface area contributed by atoms with Gasteiger partial charge in [-0.3, -0.25) is 0 Å². The fourth-order valence-corrected chi connectivity index (χ4v) is 2.14. The molecule has 0 aliphatic heterocycles. The molecule has 100 valence electrons. The highest BCUT2D eigenvalue weighted by molar-refractivity contribution is 5.27. The number of nitrogens with one attached hydrogen (secondary N) is 1. The van der Waals surface area contributed by atoms with Crippen molar-refractivity contribution in [1.29, 1.82) is 0 Å². The molecule has 1 aliphatic carbocycles. The lowest BCUT2D eigenvalue weighted by molar-refractivity contribution is 0.150. The summed E-state index contributed by atoms with van der Waals surface area (Å²) in [5.74, 6) is 1.46. The van der Waals surface area contributed by atoms with Gasteiger partial charge >= 0.3 is 0 Å². The van der Waals surface area contributed by atoms with Crippen LogP contribution in [-0.4, -0.2) is 33.4 Å². The summed E-state index contributed by atoms with van der Waals surface area (Å²) in [5, 5.41) is 3.58. The van der Waals surface area contributed by atoms with Crippen molar-refractivity contribution < 1.29 is 9.47 Å². The van der Waals surface area contributed by atoms with Crippen molar-refractivity contribution in [3.8, 4) is 5.75 Å². The Bertz CT molecular complexity index is 346. The van der Waals surface area contributed by atoms with Gasteiger partial charge in [0.15, 0.2) is 0 Å². The second kappa shape index (κ2) is 6.76. The molecule has 3 nitrogen and oxygen atoms in total. The first-order chi connectivity index (χ1) is 8.81. The van der Waals surface area contributed by atoms with Crippen LogP contribution in [0.15, 0.2) is 24.3 Å². The van der Waals surface area contributed by atoms with E-state index in [1.807, 2.05) is 12.1 Å². The molecule has 1 aliphatic rings. The summed E-state index contributed by atoms with van der Waals surface area (Å²) in [6.07, 6.45) is 3.72. The van der Waals surface area contributed by atoms with E-state index in [9.17, 15) is 0 Å². The molecule has 1 fully saturated rings. The minimum Gasteiger partial charge on any atom is -0.497 e. The van der Waals surface area contributed by atoms with Crippen molar-refractivity contribution in [1.82, 2.24) is 5.32 Å². The number of ether oxygens (including phenoxy) is 2. The van der Waals surface area contributed by atoms with E-state index in [-0.39, 0.29) is 0 Å². The molecule has 0 aromatic heterocycles. The third-order valence-corrected chi connectivity index (χ3v) is 3.36. The van der Waals surface area contributed by atoms with Crippen LogP contribution in [-0.2, 0) is 11.2 Å². The molecule has 0 heterocycles. The zero-order chi connectivity index (χ0) is 12.8. The first-order valence-corrected chi connectivity index (χ1v) is 6.67. The second-order valence-electron chi connectivity index (χ2n) is 5.06. The van der Waals surface area contributed by atoms with Crippen molar-refractivity contribution >= 4 is 0 Å². The molecule has 18 heavy (non-hydrogen) atoms. The Hall–Kier alpha value is -1.06. The van der Waals surface area contributed by atoms with Gasteiger partial charge < -0.3 is 14.8 Å². The maximum atomic E-state index is 5.31. The van der Waals surface area contributed by atoms with E-state index in [4.69, 9.17) is 9.47 Å². The Kier molecular flexibility index (Phi) is 5.02. The molecule has 1 N–H and O–H groups in total.